The number of nitrogens with two attached hydrogens (primary N) is 1. The van der Waals surface area contributed by atoms with E-state index in [1.54, 1.807) is 0 Å². The summed E-state index contributed by atoms with van der Waals surface area (Å²) >= 11 is 1.91. The average Bonchev–Trinajstić information content (AvgIpc) is 2.38. The summed E-state index contributed by atoms with van der Waals surface area (Å²) < 4.78 is 0. The highest BCUT2D eigenvalue weighted by Gasteiger charge is 2.25. The van der Waals surface area contributed by atoms with Gasteiger partial charge in [-0.05, 0) is 39.1 Å². The second-order valence-corrected chi connectivity index (χ2v) is 6.31. The fourth-order valence-electron chi connectivity index (χ4n) is 2.62. The standard InChI is InChI=1S/C16H28N2S/c1-6-15(11-19-5)18(4)16(13(3)17)14-9-7-12(2)8-10-14/h7-10,13,15-16H,6,11,17H2,1-5H3. The number of rotatable bonds is 7. The Hall–Kier alpha value is -0.510. The van der Waals surface area contributed by atoms with Crippen molar-refractivity contribution >= 4 is 11.8 Å². The Labute approximate surface area is 122 Å². The zero-order valence-corrected chi connectivity index (χ0v) is 13.7. The van der Waals surface area contributed by atoms with Gasteiger partial charge >= 0.3 is 0 Å². The van der Waals surface area contributed by atoms with E-state index in [4.69, 9.17) is 5.73 Å². The Morgan fingerprint density at radius 3 is 2.26 bits per heavy atom. The molecule has 0 bridgehead atoms. The van der Waals surface area contributed by atoms with Gasteiger partial charge in [0.25, 0.3) is 0 Å². The van der Waals surface area contributed by atoms with Gasteiger partial charge in [-0.25, -0.2) is 0 Å². The van der Waals surface area contributed by atoms with Gasteiger partial charge in [0.15, 0.2) is 0 Å². The van der Waals surface area contributed by atoms with Crippen molar-refractivity contribution in [2.24, 2.45) is 5.73 Å². The zero-order chi connectivity index (χ0) is 14.4. The SMILES string of the molecule is CCC(CSC)N(C)C(c1ccc(C)cc1)C(C)N. The highest BCUT2D eigenvalue weighted by molar-refractivity contribution is 7.98. The van der Waals surface area contributed by atoms with E-state index < -0.39 is 0 Å². The Bertz CT molecular complexity index is 362. The number of hydrogen-bond donors (Lipinski definition) is 1. The molecule has 19 heavy (non-hydrogen) atoms. The van der Waals surface area contributed by atoms with Gasteiger partial charge in [0, 0.05) is 23.9 Å². The first-order chi connectivity index (χ1) is 9.01. The van der Waals surface area contributed by atoms with Crippen molar-refractivity contribution in [3.05, 3.63) is 35.4 Å². The first-order valence-electron chi connectivity index (χ1n) is 7.04. The Morgan fingerprint density at radius 1 is 1.26 bits per heavy atom. The molecule has 0 saturated carbocycles. The van der Waals surface area contributed by atoms with Crippen molar-refractivity contribution in [1.29, 1.82) is 0 Å². The van der Waals surface area contributed by atoms with Crippen LogP contribution < -0.4 is 5.73 Å². The van der Waals surface area contributed by atoms with Crippen LogP contribution in [0.25, 0.3) is 0 Å². The highest BCUT2D eigenvalue weighted by Crippen LogP contribution is 2.26. The molecule has 108 valence electrons. The van der Waals surface area contributed by atoms with Crippen LogP contribution in [0.5, 0.6) is 0 Å². The molecule has 2 N–H and O–H groups in total. The number of thioether (sulfide) groups is 1. The lowest BCUT2D eigenvalue weighted by atomic mass is 9.97. The molecule has 3 heteroatoms. The minimum Gasteiger partial charge on any atom is -0.326 e. The molecule has 0 saturated heterocycles. The highest BCUT2D eigenvalue weighted by atomic mass is 32.2. The van der Waals surface area contributed by atoms with Gasteiger partial charge in [0.05, 0.1) is 0 Å². The van der Waals surface area contributed by atoms with Gasteiger partial charge in [0.2, 0.25) is 0 Å². The lowest BCUT2D eigenvalue weighted by Crippen LogP contribution is -2.43. The Kier molecular flexibility index (Phi) is 6.90. The predicted octanol–water partition coefficient (Wildman–Crippen LogP) is 3.46. The van der Waals surface area contributed by atoms with Crippen molar-refractivity contribution in [1.82, 2.24) is 4.90 Å². The van der Waals surface area contributed by atoms with Crippen molar-refractivity contribution < 1.29 is 0 Å². The van der Waals surface area contributed by atoms with Crippen LogP contribution in [0.1, 0.15) is 37.4 Å². The summed E-state index contributed by atoms with van der Waals surface area (Å²) in [5.74, 6) is 1.15. The quantitative estimate of drug-likeness (QED) is 0.829. The monoisotopic (exact) mass is 280 g/mol. The molecule has 0 aromatic heterocycles. The molecule has 0 radical (unpaired) electrons. The topological polar surface area (TPSA) is 29.3 Å². The fourth-order valence-corrected chi connectivity index (χ4v) is 3.47. The second kappa shape index (κ2) is 7.93. The van der Waals surface area contributed by atoms with Crippen LogP contribution >= 0.6 is 11.8 Å². The van der Waals surface area contributed by atoms with E-state index in [1.165, 1.54) is 11.1 Å². The normalized spacial score (nSPS) is 16.4. The maximum Gasteiger partial charge on any atom is 0.0496 e. The van der Waals surface area contributed by atoms with Gasteiger partial charge in [-0.15, -0.1) is 0 Å². The van der Waals surface area contributed by atoms with Crippen molar-refractivity contribution in [3.8, 4) is 0 Å². The van der Waals surface area contributed by atoms with Gasteiger partial charge < -0.3 is 5.73 Å². The smallest absolute Gasteiger partial charge is 0.0496 e. The zero-order valence-electron chi connectivity index (χ0n) is 12.9. The van der Waals surface area contributed by atoms with E-state index in [0.717, 1.165) is 12.2 Å². The van der Waals surface area contributed by atoms with Crippen molar-refractivity contribution in [2.45, 2.75) is 45.3 Å². The summed E-state index contributed by atoms with van der Waals surface area (Å²) in [6.45, 7) is 6.48. The number of hydrogen-bond acceptors (Lipinski definition) is 3. The molecule has 2 nitrogen and oxygen atoms in total. The molecule has 0 heterocycles. The van der Waals surface area contributed by atoms with Crippen LogP contribution in [0.2, 0.25) is 0 Å². The number of aryl methyl sites for hydroxylation is 1. The molecule has 0 aliphatic heterocycles. The maximum absolute atomic E-state index is 6.25. The van der Waals surface area contributed by atoms with E-state index in [1.807, 2.05) is 11.8 Å². The van der Waals surface area contributed by atoms with E-state index >= 15 is 0 Å². The minimum absolute atomic E-state index is 0.128. The van der Waals surface area contributed by atoms with E-state index in [9.17, 15) is 0 Å². The minimum atomic E-state index is 0.128. The lowest BCUT2D eigenvalue weighted by molar-refractivity contribution is 0.164. The van der Waals surface area contributed by atoms with Crippen molar-refractivity contribution in [3.63, 3.8) is 0 Å². The van der Waals surface area contributed by atoms with Crippen LogP contribution in [0.15, 0.2) is 24.3 Å². The maximum atomic E-state index is 6.25. The molecular weight excluding hydrogens is 252 g/mol. The Morgan fingerprint density at radius 2 is 1.84 bits per heavy atom. The van der Waals surface area contributed by atoms with E-state index in [2.05, 4.69) is 63.2 Å². The first-order valence-corrected chi connectivity index (χ1v) is 8.43. The summed E-state index contributed by atoms with van der Waals surface area (Å²) in [6.07, 6.45) is 3.33. The van der Waals surface area contributed by atoms with Gasteiger partial charge in [-0.3, -0.25) is 4.90 Å². The van der Waals surface area contributed by atoms with Crippen LogP contribution in [0, 0.1) is 6.92 Å². The summed E-state index contributed by atoms with van der Waals surface area (Å²) in [6, 6.07) is 9.77. The molecule has 0 aliphatic carbocycles. The molecule has 0 spiro atoms. The molecule has 3 unspecified atom stereocenters. The first kappa shape index (κ1) is 16.5. The fraction of sp³-hybridized carbons (Fsp3) is 0.625. The lowest BCUT2D eigenvalue weighted by Gasteiger charge is -2.37. The van der Waals surface area contributed by atoms with Crippen LogP contribution in [-0.2, 0) is 0 Å². The summed E-state index contributed by atoms with van der Waals surface area (Å²) in [4.78, 5) is 2.45. The van der Waals surface area contributed by atoms with Gasteiger partial charge in [0.1, 0.15) is 0 Å². The summed E-state index contributed by atoms with van der Waals surface area (Å²) in [7, 11) is 2.21. The second-order valence-electron chi connectivity index (χ2n) is 5.40. The predicted molar refractivity (Wildman–Crippen MR) is 87.8 cm³/mol. The van der Waals surface area contributed by atoms with E-state index in [0.29, 0.717) is 6.04 Å². The molecular formula is C16H28N2S. The number of benzene rings is 1. The van der Waals surface area contributed by atoms with E-state index in [-0.39, 0.29) is 12.1 Å². The van der Waals surface area contributed by atoms with Gasteiger partial charge in [-0.1, -0.05) is 36.8 Å². The third-order valence-electron chi connectivity index (χ3n) is 3.76. The average molecular weight is 280 g/mol. The summed E-state index contributed by atoms with van der Waals surface area (Å²) in [5.41, 5.74) is 8.87. The molecule has 1 aromatic carbocycles. The van der Waals surface area contributed by atoms with Crippen LogP contribution in [-0.4, -0.2) is 36.0 Å². The van der Waals surface area contributed by atoms with Crippen molar-refractivity contribution in [2.75, 3.05) is 19.1 Å². The third kappa shape index (κ3) is 4.51. The third-order valence-corrected chi connectivity index (χ3v) is 4.48. The molecule has 0 fully saturated rings. The molecule has 1 rings (SSSR count). The van der Waals surface area contributed by atoms with Crippen LogP contribution in [0.4, 0.5) is 0 Å². The molecule has 0 aliphatic rings. The number of nitrogens with zero attached hydrogens (tertiary/aromatic N) is 1. The van der Waals surface area contributed by atoms with Gasteiger partial charge in [-0.2, -0.15) is 11.8 Å². The Balaban J connectivity index is 2.96. The molecule has 0 amide bonds. The molecule has 1 aromatic rings. The van der Waals surface area contributed by atoms with Crippen LogP contribution in [0.3, 0.4) is 0 Å². The largest absolute Gasteiger partial charge is 0.326 e. The summed E-state index contributed by atoms with van der Waals surface area (Å²) in [5, 5.41) is 0. The molecule has 3 atom stereocenters. The number of likely N-dealkylation sites (N-methyl/N-ethyl adjacent to an activating group) is 1.